The maximum atomic E-state index is 12.0. The van der Waals surface area contributed by atoms with Crippen LogP contribution >= 0.6 is 0 Å². The van der Waals surface area contributed by atoms with Crippen molar-refractivity contribution in [1.29, 1.82) is 0 Å². The molecule has 0 amide bonds. The van der Waals surface area contributed by atoms with Gasteiger partial charge in [0.15, 0.2) is 5.78 Å². The third-order valence-corrected chi connectivity index (χ3v) is 2.98. The lowest BCUT2D eigenvalue weighted by Gasteiger charge is -2.04. The smallest absolute Gasteiger partial charge is 0.165 e. The van der Waals surface area contributed by atoms with E-state index in [1.165, 1.54) is 0 Å². The normalized spacial score (nSPS) is 10.8. The van der Waals surface area contributed by atoms with Crippen LogP contribution in [0.2, 0.25) is 0 Å². The Bertz CT molecular complexity index is 548. The topological polar surface area (TPSA) is 35.5 Å². The molecule has 0 saturated heterocycles. The van der Waals surface area contributed by atoms with E-state index in [2.05, 4.69) is 0 Å². The Balaban J connectivity index is 1.93. The zero-order chi connectivity index (χ0) is 13.5. The van der Waals surface area contributed by atoms with E-state index in [0.717, 1.165) is 16.3 Å². The molecular formula is C16H18O3. The average Bonchev–Trinajstić information content (AvgIpc) is 2.46. The van der Waals surface area contributed by atoms with Gasteiger partial charge in [-0.1, -0.05) is 36.4 Å². The number of hydrogen-bond acceptors (Lipinski definition) is 3. The molecule has 2 aromatic rings. The molecule has 2 rings (SSSR count). The Morgan fingerprint density at radius 3 is 2.58 bits per heavy atom. The summed E-state index contributed by atoms with van der Waals surface area (Å²) in [7, 11) is 1.63. The number of rotatable bonds is 7. The molecule has 0 fully saturated rings. The van der Waals surface area contributed by atoms with Crippen molar-refractivity contribution in [2.24, 2.45) is 0 Å². The van der Waals surface area contributed by atoms with E-state index in [-0.39, 0.29) is 5.78 Å². The molecule has 100 valence electrons. The molecule has 0 spiro atoms. The van der Waals surface area contributed by atoms with Crippen LogP contribution in [0.5, 0.6) is 0 Å². The summed E-state index contributed by atoms with van der Waals surface area (Å²) in [6, 6.07) is 13.8. The Labute approximate surface area is 113 Å². The molecule has 2 aromatic carbocycles. The van der Waals surface area contributed by atoms with Crippen LogP contribution in [-0.2, 0) is 9.47 Å². The van der Waals surface area contributed by atoms with Crippen LogP contribution in [0, 0.1) is 0 Å². The number of ether oxygens (including phenoxy) is 2. The molecule has 3 heteroatoms. The zero-order valence-electron chi connectivity index (χ0n) is 11.1. The summed E-state index contributed by atoms with van der Waals surface area (Å²) in [5.41, 5.74) is 0.744. The van der Waals surface area contributed by atoms with E-state index in [1.807, 2.05) is 42.5 Å². The molecule has 0 N–H and O–H groups in total. The molecule has 0 atom stereocenters. The summed E-state index contributed by atoms with van der Waals surface area (Å²) in [5.74, 6) is 0.114. The molecule has 0 aromatic heterocycles. The summed E-state index contributed by atoms with van der Waals surface area (Å²) in [5, 5.41) is 2.24. The number of hydrogen-bond donors (Lipinski definition) is 0. The molecule has 0 bridgehead atoms. The van der Waals surface area contributed by atoms with Crippen LogP contribution in [0.1, 0.15) is 16.8 Å². The van der Waals surface area contributed by atoms with Crippen molar-refractivity contribution < 1.29 is 14.3 Å². The maximum Gasteiger partial charge on any atom is 0.165 e. The van der Waals surface area contributed by atoms with Gasteiger partial charge in [0, 0.05) is 19.1 Å². The number of benzene rings is 2. The number of Topliss-reactive ketones (excluding diaryl/α,β-unsaturated/α-hetero) is 1. The molecule has 0 aliphatic rings. The molecule has 0 aliphatic carbocycles. The highest BCUT2D eigenvalue weighted by Crippen LogP contribution is 2.16. The van der Waals surface area contributed by atoms with Crippen LogP contribution < -0.4 is 0 Å². The number of carbonyl (C=O) groups excluding carboxylic acids is 1. The van der Waals surface area contributed by atoms with Crippen molar-refractivity contribution in [2.45, 2.75) is 6.42 Å². The number of fused-ring (bicyclic) bond motifs is 1. The Morgan fingerprint density at radius 1 is 1.00 bits per heavy atom. The SMILES string of the molecule is COCCOCCC(=O)c1ccc2ccccc2c1. The van der Waals surface area contributed by atoms with Gasteiger partial charge in [0.1, 0.15) is 0 Å². The summed E-state index contributed by atoms with van der Waals surface area (Å²) in [6.45, 7) is 1.53. The van der Waals surface area contributed by atoms with Gasteiger partial charge in [-0.15, -0.1) is 0 Å². The summed E-state index contributed by atoms with van der Waals surface area (Å²) >= 11 is 0. The molecule has 19 heavy (non-hydrogen) atoms. The van der Waals surface area contributed by atoms with Gasteiger partial charge in [0.2, 0.25) is 0 Å². The fourth-order valence-corrected chi connectivity index (χ4v) is 1.92. The van der Waals surface area contributed by atoms with Crippen molar-refractivity contribution in [3.05, 3.63) is 48.0 Å². The molecule has 0 radical (unpaired) electrons. The van der Waals surface area contributed by atoms with Gasteiger partial charge in [-0.2, -0.15) is 0 Å². The molecule has 0 saturated carbocycles. The first-order valence-electron chi connectivity index (χ1n) is 6.40. The van der Waals surface area contributed by atoms with E-state index in [1.54, 1.807) is 7.11 Å². The Morgan fingerprint density at radius 2 is 1.79 bits per heavy atom. The fourth-order valence-electron chi connectivity index (χ4n) is 1.92. The predicted octanol–water partition coefficient (Wildman–Crippen LogP) is 3.08. The molecule has 0 aliphatic heterocycles. The molecular weight excluding hydrogens is 240 g/mol. The van der Waals surface area contributed by atoms with Crippen LogP contribution in [0.15, 0.2) is 42.5 Å². The van der Waals surface area contributed by atoms with E-state index in [9.17, 15) is 4.79 Å². The van der Waals surface area contributed by atoms with Crippen LogP contribution in [0.25, 0.3) is 10.8 Å². The Hall–Kier alpha value is -1.71. The minimum Gasteiger partial charge on any atom is -0.382 e. The third-order valence-electron chi connectivity index (χ3n) is 2.98. The van der Waals surface area contributed by atoms with Crippen LogP contribution in [0.3, 0.4) is 0 Å². The number of methoxy groups -OCH3 is 1. The second kappa shape index (κ2) is 7.02. The highest BCUT2D eigenvalue weighted by Gasteiger charge is 2.06. The van der Waals surface area contributed by atoms with Gasteiger partial charge in [0.05, 0.1) is 19.8 Å². The zero-order valence-corrected chi connectivity index (χ0v) is 11.1. The van der Waals surface area contributed by atoms with Crippen molar-refractivity contribution in [2.75, 3.05) is 26.9 Å². The van der Waals surface area contributed by atoms with Gasteiger partial charge >= 0.3 is 0 Å². The van der Waals surface area contributed by atoms with Crippen molar-refractivity contribution in [3.63, 3.8) is 0 Å². The highest BCUT2D eigenvalue weighted by molar-refractivity contribution is 5.99. The van der Waals surface area contributed by atoms with Crippen LogP contribution in [-0.4, -0.2) is 32.7 Å². The van der Waals surface area contributed by atoms with E-state index < -0.39 is 0 Å². The fraction of sp³-hybridized carbons (Fsp3) is 0.312. The van der Waals surface area contributed by atoms with Gasteiger partial charge in [-0.05, 0) is 16.8 Å². The number of ketones is 1. The number of carbonyl (C=O) groups is 1. The summed E-state index contributed by atoms with van der Waals surface area (Å²) in [4.78, 5) is 12.0. The monoisotopic (exact) mass is 258 g/mol. The quantitative estimate of drug-likeness (QED) is 0.565. The lowest BCUT2D eigenvalue weighted by molar-refractivity contribution is 0.0641. The minimum absolute atomic E-state index is 0.114. The minimum atomic E-state index is 0.114. The predicted molar refractivity (Wildman–Crippen MR) is 75.6 cm³/mol. The van der Waals surface area contributed by atoms with E-state index in [4.69, 9.17) is 9.47 Å². The lowest BCUT2D eigenvalue weighted by Crippen LogP contribution is -2.08. The van der Waals surface area contributed by atoms with Gasteiger partial charge in [-0.25, -0.2) is 0 Å². The Kier molecular flexibility index (Phi) is 5.07. The van der Waals surface area contributed by atoms with E-state index in [0.29, 0.717) is 26.2 Å². The lowest BCUT2D eigenvalue weighted by atomic mass is 10.0. The second-order valence-corrected chi connectivity index (χ2v) is 4.34. The second-order valence-electron chi connectivity index (χ2n) is 4.34. The first-order chi connectivity index (χ1) is 9.31. The molecule has 0 unspecified atom stereocenters. The summed E-state index contributed by atoms with van der Waals surface area (Å²) < 4.78 is 10.2. The van der Waals surface area contributed by atoms with Gasteiger partial charge < -0.3 is 9.47 Å². The first-order valence-corrected chi connectivity index (χ1v) is 6.40. The van der Waals surface area contributed by atoms with Gasteiger partial charge in [-0.3, -0.25) is 4.79 Å². The first kappa shape index (κ1) is 13.7. The standard InChI is InChI=1S/C16H18O3/c1-18-10-11-19-9-8-16(17)15-7-6-13-4-2-3-5-14(13)12-15/h2-7,12H,8-11H2,1H3. The molecule has 0 heterocycles. The van der Waals surface area contributed by atoms with Crippen molar-refractivity contribution in [3.8, 4) is 0 Å². The summed E-state index contributed by atoms with van der Waals surface area (Å²) in [6.07, 6.45) is 0.405. The largest absolute Gasteiger partial charge is 0.382 e. The van der Waals surface area contributed by atoms with Crippen LogP contribution in [0.4, 0.5) is 0 Å². The molecule has 3 nitrogen and oxygen atoms in total. The maximum absolute atomic E-state index is 12.0. The average molecular weight is 258 g/mol. The van der Waals surface area contributed by atoms with Crippen molar-refractivity contribution >= 4 is 16.6 Å². The van der Waals surface area contributed by atoms with Crippen molar-refractivity contribution in [1.82, 2.24) is 0 Å². The highest BCUT2D eigenvalue weighted by atomic mass is 16.5. The third kappa shape index (κ3) is 3.88. The van der Waals surface area contributed by atoms with E-state index >= 15 is 0 Å². The van der Waals surface area contributed by atoms with Gasteiger partial charge in [0.25, 0.3) is 0 Å².